The Balaban J connectivity index is 1.96. The van der Waals surface area contributed by atoms with Gasteiger partial charge >= 0.3 is 0 Å². The Hall–Kier alpha value is -0.870. The first-order valence-electron chi connectivity index (χ1n) is 7.56. The van der Waals surface area contributed by atoms with E-state index >= 15 is 0 Å². The van der Waals surface area contributed by atoms with Crippen LogP contribution in [0.4, 0.5) is 0 Å². The van der Waals surface area contributed by atoms with E-state index in [1.165, 1.54) is 12.1 Å². The molecule has 0 bridgehead atoms. The van der Waals surface area contributed by atoms with E-state index in [1.807, 2.05) is 17.9 Å². The Kier molecular flexibility index (Phi) is 4.99. The van der Waals surface area contributed by atoms with Crippen LogP contribution >= 0.6 is 0 Å². The van der Waals surface area contributed by atoms with Crippen molar-refractivity contribution in [2.24, 2.45) is 13.0 Å². The van der Waals surface area contributed by atoms with Gasteiger partial charge in [-0.2, -0.15) is 5.10 Å². The molecule has 4 nitrogen and oxygen atoms in total. The van der Waals surface area contributed by atoms with Gasteiger partial charge in [0.2, 0.25) is 0 Å². The van der Waals surface area contributed by atoms with E-state index in [-0.39, 0.29) is 0 Å². The highest BCUT2D eigenvalue weighted by atomic mass is 15.3. The lowest BCUT2D eigenvalue weighted by Crippen LogP contribution is -2.58. The predicted molar refractivity (Wildman–Crippen MR) is 79.2 cm³/mol. The maximum Gasteiger partial charge on any atom is 0.0492 e. The molecule has 0 radical (unpaired) electrons. The second-order valence-electron chi connectivity index (χ2n) is 5.95. The molecule has 1 aromatic rings. The Morgan fingerprint density at radius 2 is 2.32 bits per heavy atom. The molecular formula is C15H28N4. The Morgan fingerprint density at radius 3 is 2.95 bits per heavy atom. The molecule has 0 amide bonds. The summed E-state index contributed by atoms with van der Waals surface area (Å²) < 4.78 is 1.99. The topological polar surface area (TPSA) is 33.1 Å². The Morgan fingerprint density at radius 1 is 1.53 bits per heavy atom. The Labute approximate surface area is 117 Å². The van der Waals surface area contributed by atoms with Crippen LogP contribution in [0.1, 0.15) is 32.9 Å². The first-order valence-corrected chi connectivity index (χ1v) is 7.56. The standard InChI is InChI=1S/C15H28N4/c1-5-12(2)15-10-16-13(3)11-19(15)9-7-14-6-8-17-18(14)4/h6,8,12-13,15-16H,5,7,9-11H2,1-4H3. The molecule has 0 aromatic carbocycles. The van der Waals surface area contributed by atoms with Gasteiger partial charge in [-0.05, 0) is 18.9 Å². The number of hydrogen-bond donors (Lipinski definition) is 1. The third-order valence-electron chi connectivity index (χ3n) is 4.53. The minimum Gasteiger partial charge on any atom is -0.311 e. The SMILES string of the molecule is CCC(C)C1CNC(C)CN1CCc1ccnn1C. The van der Waals surface area contributed by atoms with Gasteiger partial charge in [-0.1, -0.05) is 20.3 Å². The lowest BCUT2D eigenvalue weighted by Gasteiger charge is -2.42. The van der Waals surface area contributed by atoms with E-state index in [0.29, 0.717) is 12.1 Å². The summed E-state index contributed by atoms with van der Waals surface area (Å²) in [6, 6.07) is 3.41. The number of nitrogens with one attached hydrogen (secondary N) is 1. The lowest BCUT2D eigenvalue weighted by molar-refractivity contribution is 0.0964. The predicted octanol–water partition coefficient (Wildman–Crippen LogP) is 1.67. The largest absolute Gasteiger partial charge is 0.311 e. The summed E-state index contributed by atoms with van der Waals surface area (Å²) >= 11 is 0. The van der Waals surface area contributed by atoms with Crippen molar-refractivity contribution >= 4 is 0 Å². The molecule has 4 heteroatoms. The normalized spacial score (nSPS) is 26.5. The molecule has 19 heavy (non-hydrogen) atoms. The van der Waals surface area contributed by atoms with E-state index in [4.69, 9.17) is 0 Å². The number of piperazine rings is 1. The number of aryl methyl sites for hydroxylation is 1. The molecule has 1 saturated heterocycles. The summed E-state index contributed by atoms with van der Waals surface area (Å²) in [4.78, 5) is 2.67. The van der Waals surface area contributed by atoms with Crippen molar-refractivity contribution < 1.29 is 0 Å². The molecule has 1 aliphatic rings. The fraction of sp³-hybridized carbons (Fsp3) is 0.800. The van der Waals surface area contributed by atoms with Crippen molar-refractivity contribution in [3.63, 3.8) is 0 Å². The fourth-order valence-electron chi connectivity index (χ4n) is 3.00. The van der Waals surface area contributed by atoms with E-state index in [1.54, 1.807) is 0 Å². The quantitative estimate of drug-likeness (QED) is 0.878. The van der Waals surface area contributed by atoms with Crippen LogP contribution in [0, 0.1) is 5.92 Å². The molecule has 2 heterocycles. The fourth-order valence-corrected chi connectivity index (χ4v) is 3.00. The number of rotatable bonds is 5. The third-order valence-corrected chi connectivity index (χ3v) is 4.53. The molecule has 108 valence electrons. The zero-order valence-electron chi connectivity index (χ0n) is 12.8. The number of hydrogen-bond acceptors (Lipinski definition) is 3. The first-order chi connectivity index (χ1) is 9.11. The summed E-state index contributed by atoms with van der Waals surface area (Å²) in [7, 11) is 2.03. The zero-order chi connectivity index (χ0) is 13.8. The maximum absolute atomic E-state index is 4.25. The van der Waals surface area contributed by atoms with Crippen LogP contribution in [-0.2, 0) is 13.5 Å². The molecule has 0 spiro atoms. The summed E-state index contributed by atoms with van der Waals surface area (Å²) in [5, 5.41) is 7.87. The molecular weight excluding hydrogens is 236 g/mol. The lowest BCUT2D eigenvalue weighted by atomic mass is 9.94. The minimum absolute atomic E-state index is 0.604. The van der Waals surface area contributed by atoms with Crippen LogP contribution in [0.25, 0.3) is 0 Å². The average Bonchev–Trinajstić information content (AvgIpc) is 2.81. The molecule has 1 aromatic heterocycles. The van der Waals surface area contributed by atoms with Crippen molar-refractivity contribution in [1.82, 2.24) is 20.0 Å². The van der Waals surface area contributed by atoms with Gasteiger partial charge in [-0.15, -0.1) is 0 Å². The van der Waals surface area contributed by atoms with Crippen LogP contribution in [0.2, 0.25) is 0 Å². The monoisotopic (exact) mass is 264 g/mol. The van der Waals surface area contributed by atoms with Gasteiger partial charge in [0.05, 0.1) is 0 Å². The molecule has 1 fully saturated rings. The van der Waals surface area contributed by atoms with Gasteiger partial charge in [-0.25, -0.2) is 0 Å². The summed E-state index contributed by atoms with van der Waals surface area (Å²) in [5.74, 6) is 0.756. The van der Waals surface area contributed by atoms with Gasteiger partial charge in [0, 0.05) is 57.1 Å². The van der Waals surface area contributed by atoms with Crippen molar-refractivity contribution in [1.29, 1.82) is 0 Å². The molecule has 2 rings (SSSR count). The van der Waals surface area contributed by atoms with Gasteiger partial charge < -0.3 is 5.32 Å². The van der Waals surface area contributed by atoms with Crippen molar-refractivity contribution in [2.75, 3.05) is 19.6 Å². The third kappa shape index (κ3) is 3.57. The summed E-state index contributed by atoms with van der Waals surface area (Å²) in [6.07, 6.45) is 4.24. The highest BCUT2D eigenvalue weighted by Gasteiger charge is 2.28. The number of nitrogens with zero attached hydrogens (tertiary/aromatic N) is 3. The van der Waals surface area contributed by atoms with Crippen LogP contribution < -0.4 is 5.32 Å². The van der Waals surface area contributed by atoms with Crippen molar-refractivity contribution in [2.45, 2.75) is 45.7 Å². The second-order valence-corrected chi connectivity index (χ2v) is 5.95. The number of aromatic nitrogens is 2. The van der Waals surface area contributed by atoms with Crippen LogP contribution in [0.15, 0.2) is 12.3 Å². The molecule has 0 aliphatic carbocycles. The van der Waals surface area contributed by atoms with Gasteiger partial charge in [0.25, 0.3) is 0 Å². The smallest absolute Gasteiger partial charge is 0.0492 e. The molecule has 3 unspecified atom stereocenters. The minimum atomic E-state index is 0.604. The van der Waals surface area contributed by atoms with E-state index in [2.05, 4.69) is 42.2 Å². The van der Waals surface area contributed by atoms with E-state index < -0.39 is 0 Å². The van der Waals surface area contributed by atoms with Crippen molar-refractivity contribution in [3.05, 3.63) is 18.0 Å². The van der Waals surface area contributed by atoms with Crippen LogP contribution in [-0.4, -0.2) is 46.4 Å². The molecule has 0 saturated carbocycles. The second kappa shape index (κ2) is 6.53. The first kappa shape index (κ1) is 14.5. The van der Waals surface area contributed by atoms with Gasteiger partial charge in [0.1, 0.15) is 0 Å². The summed E-state index contributed by atoms with van der Waals surface area (Å²) in [5.41, 5.74) is 1.33. The summed E-state index contributed by atoms with van der Waals surface area (Å²) in [6.45, 7) is 10.4. The Bertz CT molecular complexity index is 387. The average molecular weight is 264 g/mol. The molecule has 1 N–H and O–H groups in total. The van der Waals surface area contributed by atoms with Crippen molar-refractivity contribution in [3.8, 4) is 0 Å². The molecule has 1 aliphatic heterocycles. The van der Waals surface area contributed by atoms with Crippen LogP contribution in [0.5, 0.6) is 0 Å². The van der Waals surface area contributed by atoms with Gasteiger partial charge in [0.15, 0.2) is 0 Å². The maximum atomic E-state index is 4.25. The molecule has 3 atom stereocenters. The zero-order valence-corrected chi connectivity index (χ0v) is 12.8. The highest BCUT2D eigenvalue weighted by Crippen LogP contribution is 2.18. The highest BCUT2D eigenvalue weighted by molar-refractivity contribution is 5.01. The van der Waals surface area contributed by atoms with E-state index in [9.17, 15) is 0 Å². The van der Waals surface area contributed by atoms with Gasteiger partial charge in [-0.3, -0.25) is 9.58 Å². The van der Waals surface area contributed by atoms with E-state index in [0.717, 1.165) is 32.0 Å². The van der Waals surface area contributed by atoms with Crippen LogP contribution in [0.3, 0.4) is 0 Å².